The van der Waals surface area contributed by atoms with Crippen LogP contribution in [0.4, 0.5) is 10.6 Å². The normalized spacial score (nSPS) is 14.1. The van der Waals surface area contributed by atoms with Crippen molar-refractivity contribution in [2.24, 2.45) is 5.92 Å². The van der Waals surface area contributed by atoms with Gasteiger partial charge in [-0.15, -0.1) is 0 Å². The van der Waals surface area contributed by atoms with Crippen LogP contribution in [0.1, 0.15) is 13.8 Å². The Bertz CT molecular complexity index is 835. The molecule has 8 nitrogen and oxygen atoms in total. The lowest BCUT2D eigenvalue weighted by molar-refractivity contribution is 0.193. The molecule has 1 fully saturated rings. The fraction of sp³-hybridized carbons (Fsp3) is 0.476. The van der Waals surface area contributed by atoms with E-state index < -0.39 is 0 Å². The van der Waals surface area contributed by atoms with Crippen LogP contribution in [0.3, 0.4) is 0 Å². The number of ether oxygens (including phenoxy) is 2. The minimum atomic E-state index is 0.00653. The molecule has 0 saturated carbocycles. The van der Waals surface area contributed by atoms with Crippen LogP contribution in [-0.4, -0.2) is 67.8 Å². The standard InChI is InChI=1S/C21H29N5O3/c1-15(2)13-22-21(27)26-9-7-25(8-10-26)20-12-17(23-14-24-20)16-5-6-18(28-3)19(11-16)29-4/h5-6,11-12,14-15H,7-10,13H2,1-4H3,(H,22,27). The second-order valence-corrected chi connectivity index (χ2v) is 7.39. The topological polar surface area (TPSA) is 79.8 Å². The highest BCUT2D eigenvalue weighted by Gasteiger charge is 2.22. The molecule has 2 heterocycles. The van der Waals surface area contributed by atoms with Gasteiger partial charge in [0, 0.05) is 44.4 Å². The van der Waals surface area contributed by atoms with Crippen molar-refractivity contribution in [1.82, 2.24) is 20.2 Å². The Hall–Kier alpha value is -3.03. The molecule has 29 heavy (non-hydrogen) atoms. The monoisotopic (exact) mass is 399 g/mol. The Kier molecular flexibility index (Phi) is 6.74. The molecule has 1 saturated heterocycles. The number of benzene rings is 1. The number of urea groups is 1. The zero-order valence-electron chi connectivity index (χ0n) is 17.5. The Morgan fingerprint density at radius 2 is 1.79 bits per heavy atom. The first-order valence-corrected chi connectivity index (χ1v) is 9.84. The minimum absolute atomic E-state index is 0.00653. The average molecular weight is 399 g/mol. The number of amides is 2. The lowest BCUT2D eigenvalue weighted by Crippen LogP contribution is -2.52. The third-order valence-electron chi connectivity index (χ3n) is 4.88. The molecule has 2 amide bonds. The van der Waals surface area contributed by atoms with E-state index in [9.17, 15) is 4.79 Å². The SMILES string of the molecule is COc1ccc(-c2cc(N3CCN(C(=O)NCC(C)C)CC3)ncn2)cc1OC. The number of hydrogen-bond acceptors (Lipinski definition) is 6. The van der Waals surface area contributed by atoms with E-state index in [1.54, 1.807) is 20.5 Å². The fourth-order valence-corrected chi connectivity index (χ4v) is 3.22. The highest BCUT2D eigenvalue weighted by molar-refractivity contribution is 5.74. The number of rotatable bonds is 6. The molecule has 1 aromatic heterocycles. The van der Waals surface area contributed by atoms with E-state index in [1.807, 2.05) is 29.2 Å². The number of piperazine rings is 1. The predicted molar refractivity (Wildman–Crippen MR) is 113 cm³/mol. The predicted octanol–water partition coefficient (Wildman–Crippen LogP) is 2.65. The van der Waals surface area contributed by atoms with Gasteiger partial charge in [0.25, 0.3) is 0 Å². The maximum absolute atomic E-state index is 12.2. The van der Waals surface area contributed by atoms with Crippen molar-refractivity contribution in [3.05, 3.63) is 30.6 Å². The summed E-state index contributed by atoms with van der Waals surface area (Å²) in [5, 5.41) is 2.98. The van der Waals surface area contributed by atoms with Gasteiger partial charge in [-0.1, -0.05) is 13.8 Å². The summed E-state index contributed by atoms with van der Waals surface area (Å²) in [5.74, 6) is 2.63. The Morgan fingerprint density at radius 1 is 1.07 bits per heavy atom. The van der Waals surface area contributed by atoms with E-state index in [2.05, 4.69) is 34.0 Å². The highest BCUT2D eigenvalue weighted by Crippen LogP contribution is 2.32. The number of methoxy groups -OCH3 is 2. The largest absolute Gasteiger partial charge is 0.493 e. The van der Waals surface area contributed by atoms with Crippen LogP contribution >= 0.6 is 0 Å². The molecule has 3 rings (SSSR count). The maximum atomic E-state index is 12.2. The van der Waals surface area contributed by atoms with Gasteiger partial charge in [0.2, 0.25) is 0 Å². The lowest BCUT2D eigenvalue weighted by atomic mass is 10.1. The van der Waals surface area contributed by atoms with Gasteiger partial charge in [0.1, 0.15) is 12.1 Å². The van der Waals surface area contributed by atoms with Crippen LogP contribution in [0.15, 0.2) is 30.6 Å². The number of hydrogen-bond donors (Lipinski definition) is 1. The Balaban J connectivity index is 1.67. The number of carbonyl (C=O) groups is 1. The highest BCUT2D eigenvalue weighted by atomic mass is 16.5. The summed E-state index contributed by atoms with van der Waals surface area (Å²) in [6, 6.07) is 7.69. The molecule has 8 heteroatoms. The van der Waals surface area contributed by atoms with Gasteiger partial charge in [-0.2, -0.15) is 0 Å². The zero-order chi connectivity index (χ0) is 20.8. The van der Waals surface area contributed by atoms with E-state index in [4.69, 9.17) is 9.47 Å². The molecule has 1 N–H and O–H groups in total. The van der Waals surface area contributed by atoms with Crippen molar-refractivity contribution in [3.8, 4) is 22.8 Å². The van der Waals surface area contributed by atoms with Crippen LogP contribution in [0.25, 0.3) is 11.3 Å². The minimum Gasteiger partial charge on any atom is -0.493 e. The van der Waals surface area contributed by atoms with E-state index >= 15 is 0 Å². The summed E-state index contributed by atoms with van der Waals surface area (Å²) in [6.45, 7) is 7.67. The van der Waals surface area contributed by atoms with E-state index in [0.717, 1.165) is 30.2 Å². The van der Waals surface area contributed by atoms with E-state index in [0.29, 0.717) is 37.1 Å². The number of anilines is 1. The second-order valence-electron chi connectivity index (χ2n) is 7.39. The van der Waals surface area contributed by atoms with Crippen molar-refractivity contribution in [2.75, 3.05) is 51.8 Å². The van der Waals surface area contributed by atoms with Crippen molar-refractivity contribution in [3.63, 3.8) is 0 Å². The van der Waals surface area contributed by atoms with Crippen molar-refractivity contribution >= 4 is 11.8 Å². The summed E-state index contributed by atoms with van der Waals surface area (Å²) in [4.78, 5) is 25.1. The second kappa shape index (κ2) is 9.45. The Labute approximate surface area is 171 Å². The van der Waals surface area contributed by atoms with Crippen molar-refractivity contribution in [1.29, 1.82) is 0 Å². The smallest absolute Gasteiger partial charge is 0.317 e. The van der Waals surface area contributed by atoms with Crippen LogP contribution in [0.5, 0.6) is 11.5 Å². The van der Waals surface area contributed by atoms with Crippen molar-refractivity contribution in [2.45, 2.75) is 13.8 Å². The molecule has 1 aromatic carbocycles. The molecule has 156 valence electrons. The number of nitrogens with one attached hydrogen (secondary N) is 1. The van der Waals surface area contributed by atoms with Gasteiger partial charge in [-0.3, -0.25) is 0 Å². The molecule has 0 unspecified atom stereocenters. The molecule has 0 radical (unpaired) electrons. The summed E-state index contributed by atoms with van der Waals surface area (Å²) in [5.41, 5.74) is 1.74. The zero-order valence-corrected chi connectivity index (χ0v) is 17.5. The molecule has 0 atom stereocenters. The molecule has 1 aliphatic rings. The lowest BCUT2D eigenvalue weighted by Gasteiger charge is -2.35. The van der Waals surface area contributed by atoms with Gasteiger partial charge in [-0.25, -0.2) is 14.8 Å². The number of nitrogens with zero attached hydrogens (tertiary/aromatic N) is 4. The van der Waals surface area contributed by atoms with Crippen LogP contribution in [-0.2, 0) is 0 Å². The number of aromatic nitrogens is 2. The average Bonchev–Trinajstić information content (AvgIpc) is 2.77. The molecule has 0 spiro atoms. The van der Waals surface area contributed by atoms with Crippen LogP contribution < -0.4 is 19.7 Å². The van der Waals surface area contributed by atoms with Gasteiger partial charge in [0.05, 0.1) is 19.9 Å². The number of carbonyl (C=O) groups excluding carboxylic acids is 1. The van der Waals surface area contributed by atoms with Crippen LogP contribution in [0, 0.1) is 5.92 Å². The molecular formula is C21H29N5O3. The maximum Gasteiger partial charge on any atom is 0.317 e. The molecule has 0 aliphatic carbocycles. The molecule has 1 aliphatic heterocycles. The van der Waals surface area contributed by atoms with Crippen LogP contribution in [0.2, 0.25) is 0 Å². The van der Waals surface area contributed by atoms with Gasteiger partial charge in [-0.05, 0) is 24.1 Å². The molecular weight excluding hydrogens is 370 g/mol. The summed E-state index contributed by atoms with van der Waals surface area (Å²) < 4.78 is 10.7. The first-order valence-electron chi connectivity index (χ1n) is 9.84. The van der Waals surface area contributed by atoms with Crippen molar-refractivity contribution < 1.29 is 14.3 Å². The van der Waals surface area contributed by atoms with E-state index in [1.165, 1.54) is 0 Å². The van der Waals surface area contributed by atoms with Gasteiger partial charge >= 0.3 is 6.03 Å². The summed E-state index contributed by atoms with van der Waals surface area (Å²) >= 11 is 0. The Morgan fingerprint density at radius 3 is 2.45 bits per heavy atom. The first-order chi connectivity index (χ1) is 14.0. The third kappa shape index (κ3) is 5.07. The molecule has 2 aromatic rings. The van der Waals surface area contributed by atoms with E-state index in [-0.39, 0.29) is 6.03 Å². The summed E-state index contributed by atoms with van der Waals surface area (Å²) in [7, 11) is 3.23. The molecule has 0 bridgehead atoms. The van der Waals surface area contributed by atoms with Gasteiger partial charge in [0.15, 0.2) is 11.5 Å². The quantitative estimate of drug-likeness (QED) is 0.804. The third-order valence-corrected chi connectivity index (χ3v) is 4.88. The first kappa shape index (κ1) is 20.7. The summed E-state index contributed by atoms with van der Waals surface area (Å²) in [6.07, 6.45) is 1.57. The fourth-order valence-electron chi connectivity index (χ4n) is 3.22. The van der Waals surface area contributed by atoms with Gasteiger partial charge < -0.3 is 24.6 Å².